The maximum atomic E-state index is 6.24. The Morgan fingerprint density at radius 2 is 2.25 bits per heavy atom. The van der Waals surface area contributed by atoms with Gasteiger partial charge in [0.15, 0.2) is 0 Å². The van der Waals surface area contributed by atoms with Crippen LogP contribution in [0.15, 0.2) is 23.6 Å². The van der Waals surface area contributed by atoms with Crippen molar-refractivity contribution >= 4 is 22.9 Å². The molecule has 1 atom stereocenters. The zero-order valence-electron chi connectivity index (χ0n) is 11.7. The van der Waals surface area contributed by atoms with E-state index in [1.54, 1.807) is 11.3 Å². The van der Waals surface area contributed by atoms with Gasteiger partial charge in [0.1, 0.15) is 17.4 Å². The average Bonchev–Trinajstić information content (AvgIpc) is 2.83. The summed E-state index contributed by atoms with van der Waals surface area (Å²) in [4.78, 5) is 4.36. The van der Waals surface area contributed by atoms with Crippen LogP contribution in [0.25, 0.3) is 0 Å². The van der Waals surface area contributed by atoms with Crippen LogP contribution in [0.2, 0.25) is 5.02 Å². The number of aryl methyl sites for hydroxylation is 1. The molecule has 2 aromatic rings. The number of rotatable bonds is 6. The highest BCUT2D eigenvalue weighted by Crippen LogP contribution is 2.27. The predicted octanol–water partition coefficient (Wildman–Crippen LogP) is 3.96. The largest absolute Gasteiger partial charge is 0.485 e. The molecule has 3 nitrogen and oxygen atoms in total. The van der Waals surface area contributed by atoms with Crippen molar-refractivity contribution in [3.05, 3.63) is 44.9 Å². The molecule has 0 aliphatic rings. The second-order valence-electron chi connectivity index (χ2n) is 4.81. The number of thiazole rings is 1. The van der Waals surface area contributed by atoms with Gasteiger partial charge in [0.2, 0.25) is 0 Å². The van der Waals surface area contributed by atoms with Crippen LogP contribution in [0.3, 0.4) is 0 Å². The summed E-state index contributed by atoms with van der Waals surface area (Å²) in [6.45, 7) is 4.50. The Labute approximate surface area is 128 Å². The molecule has 2 N–H and O–H groups in total. The van der Waals surface area contributed by atoms with Gasteiger partial charge in [-0.2, -0.15) is 0 Å². The van der Waals surface area contributed by atoms with Crippen LogP contribution < -0.4 is 10.5 Å². The smallest absolute Gasteiger partial charge is 0.140 e. The SMILES string of the molecule is CCC(N)Cc1ccc(OCc2nc(C)cs2)c(Cl)c1. The van der Waals surface area contributed by atoms with E-state index in [1.807, 2.05) is 30.5 Å². The van der Waals surface area contributed by atoms with Gasteiger partial charge in [-0.05, 0) is 37.5 Å². The summed E-state index contributed by atoms with van der Waals surface area (Å²) >= 11 is 7.84. The van der Waals surface area contributed by atoms with Gasteiger partial charge in [0, 0.05) is 17.1 Å². The summed E-state index contributed by atoms with van der Waals surface area (Å²) in [5, 5.41) is 3.59. The van der Waals surface area contributed by atoms with Gasteiger partial charge < -0.3 is 10.5 Å². The van der Waals surface area contributed by atoms with Crippen LogP contribution >= 0.6 is 22.9 Å². The molecule has 0 fully saturated rings. The first-order valence-electron chi connectivity index (χ1n) is 6.66. The second kappa shape index (κ2) is 7.07. The molecule has 0 bridgehead atoms. The van der Waals surface area contributed by atoms with Crippen LogP contribution in [-0.2, 0) is 13.0 Å². The highest BCUT2D eigenvalue weighted by molar-refractivity contribution is 7.09. The van der Waals surface area contributed by atoms with Crippen molar-refractivity contribution in [3.8, 4) is 5.75 Å². The van der Waals surface area contributed by atoms with Crippen molar-refractivity contribution in [2.75, 3.05) is 0 Å². The van der Waals surface area contributed by atoms with E-state index in [-0.39, 0.29) is 6.04 Å². The quantitative estimate of drug-likeness (QED) is 0.878. The standard InChI is InChI=1S/C15H19ClN2OS/c1-3-12(17)6-11-4-5-14(13(16)7-11)19-8-15-18-10(2)9-20-15/h4-5,7,9,12H,3,6,8,17H2,1-2H3. The maximum absolute atomic E-state index is 6.24. The first kappa shape index (κ1) is 15.3. The molecule has 5 heteroatoms. The number of halogens is 1. The molecule has 0 saturated carbocycles. The Morgan fingerprint density at radius 1 is 1.45 bits per heavy atom. The van der Waals surface area contributed by atoms with Crippen molar-refractivity contribution in [2.45, 2.75) is 39.3 Å². The Bertz CT molecular complexity index is 571. The summed E-state index contributed by atoms with van der Waals surface area (Å²) in [6, 6.07) is 6.03. The molecule has 2 rings (SSSR count). The molecule has 0 aliphatic heterocycles. The molecule has 1 heterocycles. The molecule has 108 valence electrons. The molecule has 0 radical (unpaired) electrons. The van der Waals surface area contributed by atoms with Gasteiger partial charge in [0.25, 0.3) is 0 Å². The van der Waals surface area contributed by atoms with Gasteiger partial charge in [-0.15, -0.1) is 11.3 Å². The van der Waals surface area contributed by atoms with Crippen molar-refractivity contribution < 1.29 is 4.74 Å². The third-order valence-corrected chi connectivity index (χ3v) is 4.27. The lowest BCUT2D eigenvalue weighted by atomic mass is 10.0. The minimum absolute atomic E-state index is 0.177. The highest BCUT2D eigenvalue weighted by Gasteiger charge is 2.07. The Morgan fingerprint density at radius 3 is 2.85 bits per heavy atom. The van der Waals surface area contributed by atoms with E-state index in [0.717, 1.165) is 29.1 Å². The number of hydrogen-bond acceptors (Lipinski definition) is 4. The van der Waals surface area contributed by atoms with E-state index in [9.17, 15) is 0 Å². The summed E-state index contributed by atoms with van der Waals surface area (Å²) in [5.41, 5.74) is 8.11. The first-order chi connectivity index (χ1) is 9.58. The van der Waals surface area contributed by atoms with Crippen LogP contribution in [0.1, 0.15) is 29.6 Å². The van der Waals surface area contributed by atoms with Gasteiger partial charge in [-0.3, -0.25) is 0 Å². The third kappa shape index (κ3) is 4.20. The van der Waals surface area contributed by atoms with Crippen LogP contribution in [0, 0.1) is 6.92 Å². The average molecular weight is 311 g/mol. The Kier molecular flexibility index (Phi) is 5.40. The van der Waals surface area contributed by atoms with Crippen molar-refractivity contribution in [2.24, 2.45) is 5.73 Å². The summed E-state index contributed by atoms with van der Waals surface area (Å²) < 4.78 is 5.71. The van der Waals surface area contributed by atoms with Crippen molar-refractivity contribution in [1.82, 2.24) is 4.98 Å². The fourth-order valence-corrected chi connectivity index (χ4v) is 2.78. The lowest BCUT2D eigenvalue weighted by Gasteiger charge is -2.11. The monoisotopic (exact) mass is 310 g/mol. The molecule has 1 aromatic heterocycles. The first-order valence-corrected chi connectivity index (χ1v) is 7.92. The number of benzene rings is 1. The van der Waals surface area contributed by atoms with Crippen LogP contribution in [0.4, 0.5) is 0 Å². The molecule has 0 spiro atoms. The number of nitrogens with two attached hydrogens (primary N) is 1. The molecule has 1 unspecified atom stereocenters. The van der Waals surface area contributed by atoms with E-state index in [2.05, 4.69) is 11.9 Å². The Hall–Kier alpha value is -1.10. The van der Waals surface area contributed by atoms with Crippen molar-refractivity contribution in [1.29, 1.82) is 0 Å². The number of aromatic nitrogens is 1. The van der Waals surface area contributed by atoms with Gasteiger partial charge in [-0.1, -0.05) is 24.6 Å². The van der Waals surface area contributed by atoms with E-state index < -0.39 is 0 Å². The van der Waals surface area contributed by atoms with E-state index in [4.69, 9.17) is 22.1 Å². The van der Waals surface area contributed by atoms with Crippen molar-refractivity contribution in [3.63, 3.8) is 0 Å². The minimum Gasteiger partial charge on any atom is -0.485 e. The Balaban J connectivity index is 1.98. The summed E-state index contributed by atoms with van der Waals surface area (Å²) in [7, 11) is 0. The lowest BCUT2D eigenvalue weighted by Crippen LogP contribution is -2.21. The molecule has 0 aliphatic carbocycles. The van der Waals surface area contributed by atoms with Gasteiger partial charge in [0.05, 0.1) is 5.02 Å². The maximum Gasteiger partial charge on any atom is 0.140 e. The highest BCUT2D eigenvalue weighted by atomic mass is 35.5. The molecule has 20 heavy (non-hydrogen) atoms. The van der Waals surface area contributed by atoms with Crippen LogP contribution in [0.5, 0.6) is 5.75 Å². The minimum atomic E-state index is 0.177. The molecular formula is C15H19ClN2OS. The summed E-state index contributed by atoms with van der Waals surface area (Å²) in [5.74, 6) is 0.688. The van der Waals surface area contributed by atoms with E-state index in [1.165, 1.54) is 0 Å². The molecule has 1 aromatic carbocycles. The van der Waals surface area contributed by atoms with Gasteiger partial charge >= 0.3 is 0 Å². The van der Waals surface area contributed by atoms with Gasteiger partial charge in [-0.25, -0.2) is 4.98 Å². The second-order valence-corrected chi connectivity index (χ2v) is 6.16. The zero-order chi connectivity index (χ0) is 14.5. The normalized spacial score (nSPS) is 12.4. The number of nitrogens with zero attached hydrogens (tertiary/aromatic N) is 1. The fourth-order valence-electron chi connectivity index (χ4n) is 1.84. The third-order valence-electron chi connectivity index (χ3n) is 3.04. The van der Waals surface area contributed by atoms with E-state index >= 15 is 0 Å². The topological polar surface area (TPSA) is 48.1 Å². The lowest BCUT2D eigenvalue weighted by molar-refractivity contribution is 0.305. The van der Waals surface area contributed by atoms with E-state index in [0.29, 0.717) is 17.4 Å². The number of hydrogen-bond donors (Lipinski definition) is 1. The summed E-state index contributed by atoms with van der Waals surface area (Å²) in [6.07, 6.45) is 1.79. The number of ether oxygens (including phenoxy) is 1. The zero-order valence-corrected chi connectivity index (χ0v) is 13.3. The molecule has 0 amide bonds. The predicted molar refractivity (Wildman–Crippen MR) is 84.6 cm³/mol. The fraction of sp³-hybridized carbons (Fsp3) is 0.400. The van der Waals surface area contributed by atoms with Crippen LogP contribution in [-0.4, -0.2) is 11.0 Å². The molecule has 0 saturated heterocycles. The molecular weight excluding hydrogens is 292 g/mol.